The van der Waals surface area contributed by atoms with E-state index in [1.54, 1.807) is 0 Å². The van der Waals surface area contributed by atoms with Crippen LogP contribution in [0.2, 0.25) is 0 Å². The van der Waals surface area contributed by atoms with Gasteiger partial charge in [-0.25, -0.2) is 4.98 Å². The molecule has 0 saturated carbocycles. The van der Waals surface area contributed by atoms with E-state index >= 15 is 0 Å². The van der Waals surface area contributed by atoms with Crippen LogP contribution < -0.4 is 5.73 Å². The van der Waals surface area contributed by atoms with Gasteiger partial charge in [-0.1, -0.05) is 36.4 Å². The van der Waals surface area contributed by atoms with Crippen LogP contribution in [-0.4, -0.2) is 10.8 Å². The maximum Gasteiger partial charge on any atom is 0.205 e. The van der Waals surface area contributed by atoms with Crippen molar-refractivity contribution in [1.29, 1.82) is 0 Å². The molecule has 0 amide bonds. The number of hydrogen-bond acceptors (Lipinski definition) is 4. The van der Waals surface area contributed by atoms with E-state index in [1.807, 2.05) is 32.0 Å². The van der Waals surface area contributed by atoms with Crippen molar-refractivity contribution in [2.24, 2.45) is 0 Å². The normalized spacial score (nSPS) is 12.2. The third kappa shape index (κ3) is 2.41. The fourth-order valence-corrected chi connectivity index (χ4v) is 5.23. The third-order valence-electron chi connectivity index (χ3n) is 5.29. The van der Waals surface area contributed by atoms with Crippen molar-refractivity contribution in [3.05, 3.63) is 81.4 Å². The Bertz CT molecular complexity index is 1250. The molecule has 0 spiro atoms. The quantitative estimate of drug-likeness (QED) is 0.429. The number of rotatable bonds is 2. The Morgan fingerprint density at radius 3 is 2.67 bits per heavy atom. The maximum atomic E-state index is 13.2. The lowest BCUT2D eigenvalue weighted by Crippen LogP contribution is -2.03. The van der Waals surface area contributed by atoms with E-state index in [1.165, 1.54) is 33.6 Å². The van der Waals surface area contributed by atoms with Crippen molar-refractivity contribution >= 4 is 33.0 Å². The number of pyridine rings is 1. The summed E-state index contributed by atoms with van der Waals surface area (Å²) >= 11 is 1.39. The SMILES string of the molecule is Cc1cc(C)c2c(N)c(C(=O)c3ccc4c(c3)Cc3ccccc3-4)sc2n1. The molecule has 2 N–H and O–H groups in total. The van der Waals surface area contributed by atoms with Gasteiger partial charge in [-0.05, 0) is 60.2 Å². The van der Waals surface area contributed by atoms with Gasteiger partial charge in [-0.15, -0.1) is 11.3 Å². The number of thiophene rings is 1. The molecule has 4 heteroatoms. The van der Waals surface area contributed by atoms with Crippen LogP contribution in [0.1, 0.15) is 37.6 Å². The highest BCUT2D eigenvalue weighted by atomic mass is 32.1. The molecule has 27 heavy (non-hydrogen) atoms. The van der Waals surface area contributed by atoms with Gasteiger partial charge < -0.3 is 5.73 Å². The predicted molar refractivity (Wildman–Crippen MR) is 112 cm³/mol. The van der Waals surface area contributed by atoms with Crippen LogP contribution in [0.25, 0.3) is 21.3 Å². The second-order valence-electron chi connectivity index (χ2n) is 7.14. The molecular formula is C23H18N2OS. The predicted octanol–water partition coefficient (Wildman–Crippen LogP) is 5.30. The fourth-order valence-electron chi connectivity index (χ4n) is 4.06. The molecule has 0 unspecified atom stereocenters. The number of hydrogen-bond donors (Lipinski definition) is 1. The number of nitrogens with zero attached hydrogens (tertiary/aromatic N) is 1. The molecule has 4 aromatic rings. The lowest BCUT2D eigenvalue weighted by Gasteiger charge is -2.05. The third-order valence-corrected chi connectivity index (χ3v) is 6.38. The van der Waals surface area contributed by atoms with Crippen molar-refractivity contribution in [3.63, 3.8) is 0 Å². The number of benzene rings is 2. The summed E-state index contributed by atoms with van der Waals surface area (Å²) in [7, 11) is 0. The van der Waals surface area contributed by atoms with E-state index in [-0.39, 0.29) is 5.78 Å². The molecule has 2 aromatic heterocycles. The van der Waals surface area contributed by atoms with E-state index < -0.39 is 0 Å². The molecule has 0 fully saturated rings. The van der Waals surface area contributed by atoms with Gasteiger partial charge >= 0.3 is 0 Å². The number of carbonyl (C=O) groups is 1. The average Bonchev–Trinajstić information content (AvgIpc) is 3.18. The second kappa shape index (κ2) is 5.76. The van der Waals surface area contributed by atoms with Crippen LogP contribution in [0, 0.1) is 13.8 Å². The summed E-state index contributed by atoms with van der Waals surface area (Å²) in [5.74, 6) is -0.0219. The Labute approximate surface area is 161 Å². The molecule has 2 aromatic carbocycles. The molecule has 0 aliphatic heterocycles. The van der Waals surface area contributed by atoms with Crippen LogP contribution in [0.5, 0.6) is 0 Å². The number of carbonyl (C=O) groups excluding carboxylic acids is 1. The van der Waals surface area contributed by atoms with Gasteiger partial charge in [-0.2, -0.15) is 0 Å². The van der Waals surface area contributed by atoms with E-state index in [4.69, 9.17) is 5.73 Å². The minimum Gasteiger partial charge on any atom is -0.397 e. The zero-order valence-electron chi connectivity index (χ0n) is 15.2. The zero-order chi connectivity index (χ0) is 18.7. The average molecular weight is 370 g/mol. The van der Waals surface area contributed by atoms with Crippen molar-refractivity contribution in [3.8, 4) is 11.1 Å². The number of ketones is 1. The highest BCUT2D eigenvalue weighted by molar-refractivity contribution is 7.21. The molecule has 1 aliphatic carbocycles. The number of nitrogens with two attached hydrogens (primary N) is 1. The van der Waals surface area contributed by atoms with E-state index in [2.05, 4.69) is 35.3 Å². The van der Waals surface area contributed by atoms with Gasteiger partial charge in [0.05, 0.1) is 5.69 Å². The fraction of sp³-hybridized carbons (Fsp3) is 0.130. The van der Waals surface area contributed by atoms with Crippen LogP contribution in [-0.2, 0) is 6.42 Å². The van der Waals surface area contributed by atoms with Crippen LogP contribution in [0.3, 0.4) is 0 Å². The van der Waals surface area contributed by atoms with E-state index in [0.29, 0.717) is 16.1 Å². The summed E-state index contributed by atoms with van der Waals surface area (Å²) < 4.78 is 0. The Kier molecular flexibility index (Phi) is 3.46. The summed E-state index contributed by atoms with van der Waals surface area (Å²) in [4.78, 5) is 19.2. The number of aromatic nitrogens is 1. The van der Waals surface area contributed by atoms with Crippen LogP contribution in [0.4, 0.5) is 5.69 Å². The summed E-state index contributed by atoms with van der Waals surface area (Å²) in [5, 5.41) is 0.905. The number of aryl methyl sites for hydroxylation is 2. The number of nitrogen functional groups attached to an aromatic ring is 1. The molecule has 5 rings (SSSR count). The van der Waals surface area contributed by atoms with Crippen LogP contribution >= 0.6 is 11.3 Å². The molecule has 2 heterocycles. The molecule has 0 radical (unpaired) electrons. The minimum absolute atomic E-state index is 0.0219. The molecule has 0 bridgehead atoms. The minimum atomic E-state index is -0.0219. The van der Waals surface area contributed by atoms with Gasteiger partial charge in [0.2, 0.25) is 5.78 Å². The van der Waals surface area contributed by atoms with Crippen molar-refractivity contribution in [2.45, 2.75) is 20.3 Å². The Morgan fingerprint density at radius 2 is 1.81 bits per heavy atom. The lowest BCUT2D eigenvalue weighted by atomic mass is 10.0. The Morgan fingerprint density at radius 1 is 1.04 bits per heavy atom. The van der Waals surface area contributed by atoms with Gasteiger partial charge in [0.15, 0.2) is 0 Å². The van der Waals surface area contributed by atoms with Crippen molar-refractivity contribution < 1.29 is 4.79 Å². The standard InChI is InChI=1S/C23H18N2OS/c1-12-9-13(2)25-23-19(12)20(24)22(27-23)21(26)15-7-8-18-16(11-15)10-14-5-3-4-6-17(14)18/h3-9,11H,10,24H2,1-2H3. The summed E-state index contributed by atoms with van der Waals surface area (Å²) in [5.41, 5.74) is 14.6. The summed E-state index contributed by atoms with van der Waals surface area (Å²) in [6.45, 7) is 3.98. The smallest absolute Gasteiger partial charge is 0.205 e. The molecule has 1 aliphatic rings. The Hall–Kier alpha value is -2.98. The van der Waals surface area contributed by atoms with Gasteiger partial charge in [0, 0.05) is 16.6 Å². The van der Waals surface area contributed by atoms with Crippen molar-refractivity contribution in [2.75, 3.05) is 5.73 Å². The first kappa shape index (κ1) is 16.2. The van der Waals surface area contributed by atoms with E-state index in [9.17, 15) is 4.79 Å². The molecule has 0 saturated heterocycles. The Balaban J connectivity index is 1.60. The monoisotopic (exact) mass is 370 g/mol. The summed E-state index contributed by atoms with van der Waals surface area (Å²) in [6.07, 6.45) is 0.869. The first-order chi connectivity index (χ1) is 13.0. The van der Waals surface area contributed by atoms with Crippen molar-refractivity contribution in [1.82, 2.24) is 4.98 Å². The topological polar surface area (TPSA) is 56.0 Å². The lowest BCUT2D eigenvalue weighted by molar-refractivity contribution is 0.104. The summed E-state index contributed by atoms with van der Waals surface area (Å²) in [6, 6.07) is 16.4. The van der Waals surface area contributed by atoms with Crippen LogP contribution in [0.15, 0.2) is 48.5 Å². The first-order valence-electron chi connectivity index (χ1n) is 8.95. The van der Waals surface area contributed by atoms with Gasteiger partial charge in [0.25, 0.3) is 0 Å². The van der Waals surface area contributed by atoms with Gasteiger partial charge in [-0.3, -0.25) is 4.79 Å². The molecule has 0 atom stereocenters. The number of fused-ring (bicyclic) bond motifs is 4. The highest BCUT2D eigenvalue weighted by Gasteiger charge is 2.23. The molecule has 132 valence electrons. The second-order valence-corrected chi connectivity index (χ2v) is 8.14. The first-order valence-corrected chi connectivity index (χ1v) is 9.76. The maximum absolute atomic E-state index is 13.2. The molecule has 3 nitrogen and oxygen atoms in total. The molecular weight excluding hydrogens is 352 g/mol. The largest absolute Gasteiger partial charge is 0.397 e. The van der Waals surface area contributed by atoms with Gasteiger partial charge in [0.1, 0.15) is 9.71 Å². The number of anilines is 1. The zero-order valence-corrected chi connectivity index (χ0v) is 16.0. The highest BCUT2D eigenvalue weighted by Crippen LogP contribution is 2.39. The van der Waals surface area contributed by atoms with E-state index in [0.717, 1.165) is 27.9 Å².